The summed E-state index contributed by atoms with van der Waals surface area (Å²) in [5, 5.41) is 0. The molecular weight excluding hydrogens is 192 g/mol. The van der Waals surface area contributed by atoms with Gasteiger partial charge in [-0.05, 0) is 41.7 Å². The van der Waals surface area contributed by atoms with Crippen molar-refractivity contribution in [1.29, 1.82) is 0 Å². The Labute approximate surface area is 98.3 Å². The van der Waals surface area contributed by atoms with E-state index in [0.717, 1.165) is 22.3 Å². The van der Waals surface area contributed by atoms with Gasteiger partial charge in [0.05, 0.1) is 0 Å². The van der Waals surface area contributed by atoms with Crippen LogP contribution in [0.4, 0.5) is 0 Å². The maximum atomic E-state index is 4.15. The highest BCUT2D eigenvalue weighted by Crippen LogP contribution is 2.27. The SMILES string of the molecule is C=C/C(C)=C(/C)C(=C)c1ccccc1C=C. The van der Waals surface area contributed by atoms with Gasteiger partial charge in [-0.3, -0.25) is 0 Å². The smallest absolute Gasteiger partial charge is 0.0115 e. The Morgan fingerprint density at radius 1 is 1.12 bits per heavy atom. The van der Waals surface area contributed by atoms with E-state index in [1.807, 2.05) is 37.3 Å². The summed E-state index contributed by atoms with van der Waals surface area (Å²) in [5.41, 5.74) is 5.61. The monoisotopic (exact) mass is 210 g/mol. The normalized spacial score (nSPS) is 11.6. The largest absolute Gasteiger partial charge is 0.0988 e. The number of rotatable bonds is 4. The molecule has 0 aliphatic heterocycles. The zero-order chi connectivity index (χ0) is 12.1. The van der Waals surface area contributed by atoms with E-state index in [4.69, 9.17) is 0 Å². The van der Waals surface area contributed by atoms with Gasteiger partial charge in [-0.2, -0.15) is 0 Å². The Bertz CT molecular complexity index is 459. The van der Waals surface area contributed by atoms with Gasteiger partial charge < -0.3 is 0 Å². The van der Waals surface area contributed by atoms with Crippen molar-refractivity contribution in [1.82, 2.24) is 0 Å². The average Bonchev–Trinajstić information content (AvgIpc) is 2.35. The minimum Gasteiger partial charge on any atom is -0.0988 e. The van der Waals surface area contributed by atoms with E-state index in [0.29, 0.717) is 0 Å². The van der Waals surface area contributed by atoms with Gasteiger partial charge in [0, 0.05) is 0 Å². The van der Waals surface area contributed by atoms with Gasteiger partial charge in [0.2, 0.25) is 0 Å². The van der Waals surface area contributed by atoms with Crippen molar-refractivity contribution in [2.24, 2.45) is 0 Å². The van der Waals surface area contributed by atoms with Gasteiger partial charge in [0.25, 0.3) is 0 Å². The molecule has 0 heteroatoms. The zero-order valence-electron chi connectivity index (χ0n) is 10.1. The number of benzene rings is 1. The van der Waals surface area contributed by atoms with E-state index in [1.165, 1.54) is 5.57 Å². The van der Waals surface area contributed by atoms with Gasteiger partial charge in [0.1, 0.15) is 0 Å². The fraction of sp³-hybridized carbons (Fsp3) is 0.125. The first-order valence-corrected chi connectivity index (χ1v) is 5.32. The van der Waals surface area contributed by atoms with Crippen molar-refractivity contribution < 1.29 is 0 Å². The molecule has 0 aliphatic rings. The van der Waals surface area contributed by atoms with Crippen LogP contribution in [0.2, 0.25) is 0 Å². The molecule has 0 atom stereocenters. The van der Waals surface area contributed by atoms with Crippen molar-refractivity contribution in [2.45, 2.75) is 13.8 Å². The molecule has 0 amide bonds. The maximum absolute atomic E-state index is 4.15. The third kappa shape index (κ3) is 2.40. The van der Waals surface area contributed by atoms with Crippen molar-refractivity contribution in [3.05, 3.63) is 72.4 Å². The molecule has 0 spiro atoms. The molecule has 0 unspecified atom stereocenters. The molecule has 0 nitrogen and oxygen atoms in total. The van der Waals surface area contributed by atoms with Crippen LogP contribution in [0.5, 0.6) is 0 Å². The van der Waals surface area contributed by atoms with Gasteiger partial charge in [-0.15, -0.1) is 0 Å². The lowest BCUT2D eigenvalue weighted by atomic mass is 9.93. The molecule has 0 heterocycles. The summed E-state index contributed by atoms with van der Waals surface area (Å²) >= 11 is 0. The van der Waals surface area contributed by atoms with Crippen molar-refractivity contribution >= 4 is 11.6 Å². The predicted molar refractivity (Wildman–Crippen MR) is 74.1 cm³/mol. The highest BCUT2D eigenvalue weighted by Gasteiger charge is 2.06. The highest BCUT2D eigenvalue weighted by atomic mass is 14.1. The second-order valence-corrected chi connectivity index (χ2v) is 3.78. The summed E-state index contributed by atoms with van der Waals surface area (Å²) in [4.78, 5) is 0. The summed E-state index contributed by atoms with van der Waals surface area (Å²) in [6, 6.07) is 8.14. The van der Waals surface area contributed by atoms with Crippen LogP contribution in [-0.4, -0.2) is 0 Å². The van der Waals surface area contributed by atoms with Crippen molar-refractivity contribution in [3.63, 3.8) is 0 Å². The van der Waals surface area contributed by atoms with E-state index in [9.17, 15) is 0 Å². The lowest BCUT2D eigenvalue weighted by Gasteiger charge is -2.11. The standard InChI is InChI=1S/C16H18/c1-6-12(3)13(4)14(5)16-11-9-8-10-15(16)7-2/h6-11H,1-2,5H2,3-4H3/b13-12-. The second-order valence-electron chi connectivity index (χ2n) is 3.78. The molecule has 16 heavy (non-hydrogen) atoms. The zero-order valence-corrected chi connectivity index (χ0v) is 10.1. The third-order valence-corrected chi connectivity index (χ3v) is 2.86. The van der Waals surface area contributed by atoms with Crippen LogP contribution >= 0.6 is 0 Å². The van der Waals surface area contributed by atoms with E-state index in [1.54, 1.807) is 0 Å². The van der Waals surface area contributed by atoms with Crippen LogP contribution in [0.15, 0.2) is 61.2 Å². The summed E-state index contributed by atoms with van der Waals surface area (Å²) in [6.45, 7) is 15.9. The molecule has 1 aromatic rings. The molecule has 0 saturated heterocycles. The second kappa shape index (κ2) is 5.32. The molecule has 1 rings (SSSR count). The van der Waals surface area contributed by atoms with Gasteiger partial charge in [0.15, 0.2) is 0 Å². The number of hydrogen-bond acceptors (Lipinski definition) is 0. The average molecular weight is 210 g/mol. The van der Waals surface area contributed by atoms with Crippen LogP contribution in [-0.2, 0) is 0 Å². The predicted octanol–water partition coefficient (Wildman–Crippen LogP) is 4.87. The van der Waals surface area contributed by atoms with Gasteiger partial charge in [-0.1, -0.05) is 56.2 Å². The van der Waals surface area contributed by atoms with Gasteiger partial charge >= 0.3 is 0 Å². The lowest BCUT2D eigenvalue weighted by molar-refractivity contribution is 1.38. The summed E-state index contributed by atoms with van der Waals surface area (Å²) in [5.74, 6) is 0. The van der Waals surface area contributed by atoms with E-state index < -0.39 is 0 Å². The third-order valence-electron chi connectivity index (χ3n) is 2.86. The van der Waals surface area contributed by atoms with Crippen LogP contribution in [0.1, 0.15) is 25.0 Å². The number of allylic oxidation sites excluding steroid dienone is 4. The van der Waals surface area contributed by atoms with E-state index in [2.05, 4.69) is 32.7 Å². The molecule has 0 aromatic heterocycles. The Morgan fingerprint density at radius 2 is 1.75 bits per heavy atom. The van der Waals surface area contributed by atoms with E-state index >= 15 is 0 Å². The van der Waals surface area contributed by atoms with Crippen molar-refractivity contribution in [3.8, 4) is 0 Å². The Balaban J connectivity index is 3.25. The molecule has 0 N–H and O–H groups in total. The molecule has 0 saturated carbocycles. The first-order valence-electron chi connectivity index (χ1n) is 5.32. The van der Waals surface area contributed by atoms with Crippen molar-refractivity contribution in [2.75, 3.05) is 0 Å². The fourth-order valence-corrected chi connectivity index (χ4v) is 1.54. The Hall–Kier alpha value is -1.82. The first-order chi connectivity index (χ1) is 7.61. The Morgan fingerprint density at radius 3 is 2.31 bits per heavy atom. The highest BCUT2D eigenvalue weighted by molar-refractivity contribution is 5.82. The summed E-state index contributed by atoms with van der Waals surface area (Å²) in [7, 11) is 0. The van der Waals surface area contributed by atoms with Crippen LogP contribution in [0.25, 0.3) is 11.6 Å². The molecule has 0 bridgehead atoms. The molecule has 0 radical (unpaired) electrons. The minimum atomic E-state index is 1.04. The van der Waals surface area contributed by atoms with Gasteiger partial charge in [-0.25, -0.2) is 0 Å². The summed E-state index contributed by atoms with van der Waals surface area (Å²) in [6.07, 6.45) is 3.72. The maximum Gasteiger partial charge on any atom is -0.0115 e. The lowest BCUT2D eigenvalue weighted by Crippen LogP contribution is -1.90. The topological polar surface area (TPSA) is 0 Å². The fourth-order valence-electron chi connectivity index (χ4n) is 1.54. The minimum absolute atomic E-state index is 1.04. The first kappa shape index (κ1) is 12.3. The van der Waals surface area contributed by atoms with Crippen LogP contribution in [0, 0.1) is 0 Å². The number of hydrogen-bond donors (Lipinski definition) is 0. The van der Waals surface area contributed by atoms with Crippen LogP contribution < -0.4 is 0 Å². The molecule has 0 aliphatic carbocycles. The van der Waals surface area contributed by atoms with E-state index in [-0.39, 0.29) is 0 Å². The van der Waals surface area contributed by atoms with Crippen LogP contribution in [0.3, 0.4) is 0 Å². The molecule has 1 aromatic carbocycles. The summed E-state index contributed by atoms with van der Waals surface area (Å²) < 4.78 is 0. The quantitative estimate of drug-likeness (QED) is 0.622. The molecule has 0 fully saturated rings. The molecular formula is C16H18. The Kier molecular flexibility index (Phi) is 4.07. The molecule has 82 valence electrons.